The Morgan fingerprint density at radius 3 is 2.65 bits per heavy atom. The summed E-state index contributed by atoms with van der Waals surface area (Å²) >= 11 is 6.01. The number of rotatable bonds is 6. The lowest BCUT2D eigenvalue weighted by atomic mass is 10.1. The monoisotopic (exact) mass is 377 g/mol. The summed E-state index contributed by atoms with van der Waals surface area (Å²) < 4.78 is 5.07. The number of aryl methyl sites for hydroxylation is 1. The molecule has 1 atom stereocenters. The first-order valence-electron chi connectivity index (χ1n) is 8.80. The molecule has 26 heavy (non-hydrogen) atoms. The summed E-state index contributed by atoms with van der Waals surface area (Å²) in [6.07, 6.45) is 2.38. The summed E-state index contributed by atoms with van der Waals surface area (Å²) in [5.41, 5.74) is 1.16. The minimum absolute atomic E-state index is 0.137. The molecule has 2 amide bonds. The lowest BCUT2D eigenvalue weighted by Crippen LogP contribution is -2.42. The van der Waals surface area contributed by atoms with Gasteiger partial charge in [0.05, 0.1) is 6.04 Å². The molecule has 1 N–H and O–H groups in total. The topological polar surface area (TPSA) is 74.5 Å². The van der Waals surface area contributed by atoms with E-state index in [1.54, 1.807) is 14.0 Å². The Bertz CT molecular complexity index is 727. The van der Waals surface area contributed by atoms with E-state index in [0.29, 0.717) is 23.3 Å². The molecule has 1 aliphatic rings. The van der Waals surface area contributed by atoms with Crippen LogP contribution in [0.15, 0.2) is 28.8 Å². The van der Waals surface area contributed by atoms with Gasteiger partial charge in [0.25, 0.3) is 0 Å². The van der Waals surface area contributed by atoms with E-state index >= 15 is 0 Å². The van der Waals surface area contributed by atoms with Crippen LogP contribution < -0.4 is 5.32 Å². The van der Waals surface area contributed by atoms with Crippen LogP contribution in [0.3, 0.4) is 0 Å². The zero-order valence-electron chi connectivity index (χ0n) is 15.1. The zero-order chi connectivity index (χ0) is 18.5. The largest absolute Gasteiger partial charge is 0.337 e. The average molecular weight is 378 g/mol. The number of urea groups is 1. The van der Waals surface area contributed by atoms with Crippen molar-refractivity contribution >= 4 is 17.6 Å². The van der Waals surface area contributed by atoms with Crippen molar-refractivity contribution < 1.29 is 9.32 Å². The van der Waals surface area contributed by atoms with Crippen molar-refractivity contribution in [2.24, 2.45) is 0 Å². The van der Waals surface area contributed by atoms with Crippen LogP contribution >= 0.6 is 11.6 Å². The third-order valence-electron chi connectivity index (χ3n) is 4.57. The van der Waals surface area contributed by atoms with Gasteiger partial charge in [-0.15, -0.1) is 0 Å². The predicted octanol–water partition coefficient (Wildman–Crippen LogP) is 3.01. The van der Waals surface area contributed by atoms with Gasteiger partial charge in [-0.05, 0) is 50.6 Å². The fourth-order valence-corrected chi connectivity index (χ4v) is 3.32. The first-order chi connectivity index (χ1) is 12.5. The van der Waals surface area contributed by atoms with Gasteiger partial charge in [0.1, 0.15) is 6.54 Å². The number of carbonyl (C=O) groups is 1. The van der Waals surface area contributed by atoms with Gasteiger partial charge < -0.3 is 14.7 Å². The summed E-state index contributed by atoms with van der Waals surface area (Å²) in [6, 6.07) is 7.82. The van der Waals surface area contributed by atoms with Crippen molar-refractivity contribution in [1.29, 1.82) is 0 Å². The second kappa shape index (κ2) is 8.51. The number of benzene rings is 1. The molecule has 0 spiro atoms. The molecule has 1 saturated heterocycles. The van der Waals surface area contributed by atoms with Crippen molar-refractivity contribution in [2.75, 3.05) is 26.7 Å². The van der Waals surface area contributed by atoms with Gasteiger partial charge in [0.15, 0.2) is 5.82 Å². The highest BCUT2D eigenvalue weighted by Gasteiger charge is 2.24. The number of carbonyl (C=O) groups excluding carboxylic acids is 1. The van der Waals surface area contributed by atoms with Gasteiger partial charge in [-0.2, -0.15) is 4.98 Å². The SMILES string of the molecule is Cc1noc(CN(C)C(=O)NC[C@@H](c2ccc(Cl)cc2)N2CCCC2)n1. The molecular weight excluding hydrogens is 354 g/mol. The van der Waals surface area contributed by atoms with Gasteiger partial charge in [-0.1, -0.05) is 28.9 Å². The minimum atomic E-state index is -0.168. The number of halogens is 1. The zero-order valence-corrected chi connectivity index (χ0v) is 15.9. The minimum Gasteiger partial charge on any atom is -0.337 e. The summed E-state index contributed by atoms with van der Waals surface area (Å²) in [5, 5.41) is 7.48. The fraction of sp³-hybridized carbons (Fsp3) is 0.500. The molecule has 1 aromatic carbocycles. The second-order valence-corrected chi connectivity index (χ2v) is 7.02. The maximum atomic E-state index is 12.4. The Kier molecular flexibility index (Phi) is 6.11. The molecule has 2 heterocycles. The van der Waals surface area contributed by atoms with Gasteiger partial charge in [-0.3, -0.25) is 4.90 Å². The highest BCUT2D eigenvalue weighted by molar-refractivity contribution is 6.30. The van der Waals surface area contributed by atoms with Crippen LogP contribution in [-0.2, 0) is 6.54 Å². The highest BCUT2D eigenvalue weighted by Crippen LogP contribution is 2.25. The van der Waals surface area contributed by atoms with Crippen LogP contribution in [0.5, 0.6) is 0 Å². The third-order valence-corrected chi connectivity index (χ3v) is 4.82. The molecule has 2 aromatic rings. The van der Waals surface area contributed by atoms with Crippen molar-refractivity contribution in [1.82, 2.24) is 25.3 Å². The van der Waals surface area contributed by atoms with Gasteiger partial charge in [-0.25, -0.2) is 4.79 Å². The van der Waals surface area contributed by atoms with Gasteiger partial charge >= 0.3 is 6.03 Å². The molecule has 7 nitrogen and oxygen atoms in total. The molecule has 0 aliphatic carbocycles. The Labute approximate surface area is 158 Å². The number of hydrogen-bond donors (Lipinski definition) is 1. The quantitative estimate of drug-likeness (QED) is 0.837. The van der Waals surface area contributed by atoms with Crippen molar-refractivity contribution in [3.63, 3.8) is 0 Å². The average Bonchev–Trinajstić information content (AvgIpc) is 3.28. The summed E-state index contributed by atoms with van der Waals surface area (Å²) in [7, 11) is 1.71. The molecular formula is C18H24ClN5O2. The maximum Gasteiger partial charge on any atom is 0.317 e. The lowest BCUT2D eigenvalue weighted by Gasteiger charge is -2.29. The van der Waals surface area contributed by atoms with E-state index in [2.05, 4.69) is 20.4 Å². The van der Waals surface area contributed by atoms with Crippen LogP contribution in [0, 0.1) is 6.92 Å². The number of likely N-dealkylation sites (tertiary alicyclic amines) is 1. The number of hydrogen-bond acceptors (Lipinski definition) is 5. The number of nitrogens with one attached hydrogen (secondary N) is 1. The van der Waals surface area contributed by atoms with E-state index in [-0.39, 0.29) is 18.6 Å². The van der Waals surface area contributed by atoms with E-state index in [1.807, 2.05) is 24.3 Å². The molecule has 3 rings (SSSR count). The summed E-state index contributed by atoms with van der Waals surface area (Å²) in [6.45, 7) is 4.65. The molecule has 140 valence electrons. The molecule has 1 aliphatic heterocycles. The Morgan fingerprint density at radius 1 is 1.35 bits per heavy atom. The molecule has 1 aromatic heterocycles. The van der Waals surface area contributed by atoms with E-state index in [0.717, 1.165) is 18.7 Å². The smallest absolute Gasteiger partial charge is 0.317 e. The van der Waals surface area contributed by atoms with E-state index < -0.39 is 0 Å². The Morgan fingerprint density at radius 2 is 2.04 bits per heavy atom. The van der Waals surface area contributed by atoms with Gasteiger partial charge in [0.2, 0.25) is 5.89 Å². The lowest BCUT2D eigenvalue weighted by molar-refractivity contribution is 0.189. The fourth-order valence-electron chi connectivity index (χ4n) is 3.19. The van der Waals surface area contributed by atoms with E-state index in [4.69, 9.17) is 16.1 Å². The Hall–Kier alpha value is -2.12. The standard InChI is InChI=1S/C18H24ClN5O2/c1-13-21-17(26-22-13)12-23(2)18(25)20-11-16(24-9-3-4-10-24)14-5-7-15(19)8-6-14/h5-8,16H,3-4,9-12H2,1-2H3,(H,20,25)/t16-/m0/s1. The summed E-state index contributed by atoms with van der Waals surface area (Å²) in [4.78, 5) is 20.5. The predicted molar refractivity (Wildman–Crippen MR) is 98.9 cm³/mol. The summed E-state index contributed by atoms with van der Waals surface area (Å²) in [5.74, 6) is 0.986. The first kappa shape index (κ1) is 18.7. The van der Waals surface area contributed by atoms with Crippen molar-refractivity contribution in [3.8, 4) is 0 Å². The van der Waals surface area contributed by atoms with Crippen molar-refractivity contribution in [2.45, 2.75) is 32.4 Å². The molecule has 8 heteroatoms. The number of nitrogens with zero attached hydrogens (tertiary/aromatic N) is 4. The third kappa shape index (κ3) is 4.74. The van der Waals surface area contributed by atoms with Crippen LogP contribution in [0.4, 0.5) is 4.79 Å². The van der Waals surface area contributed by atoms with Crippen LogP contribution in [0.2, 0.25) is 5.02 Å². The normalized spacial score (nSPS) is 15.8. The van der Waals surface area contributed by atoms with Crippen LogP contribution in [0.1, 0.15) is 36.2 Å². The number of aromatic nitrogens is 2. The maximum absolute atomic E-state index is 12.4. The first-order valence-corrected chi connectivity index (χ1v) is 9.18. The highest BCUT2D eigenvalue weighted by atomic mass is 35.5. The molecule has 0 unspecified atom stereocenters. The second-order valence-electron chi connectivity index (χ2n) is 6.59. The number of amides is 2. The Balaban J connectivity index is 1.61. The van der Waals surface area contributed by atoms with Crippen LogP contribution in [0.25, 0.3) is 0 Å². The molecule has 1 fully saturated rings. The molecule has 0 saturated carbocycles. The van der Waals surface area contributed by atoms with Crippen molar-refractivity contribution in [3.05, 3.63) is 46.6 Å². The molecule has 0 bridgehead atoms. The van der Waals surface area contributed by atoms with E-state index in [1.165, 1.54) is 17.7 Å². The van der Waals surface area contributed by atoms with E-state index in [9.17, 15) is 4.79 Å². The van der Waals surface area contributed by atoms with Gasteiger partial charge in [0, 0.05) is 18.6 Å². The van der Waals surface area contributed by atoms with Crippen LogP contribution in [-0.4, -0.2) is 52.7 Å². The molecule has 0 radical (unpaired) electrons.